The number of H-pyrrole nitrogens is 2. The van der Waals surface area contributed by atoms with Crippen LogP contribution in [-0.2, 0) is 10.0 Å². The predicted molar refractivity (Wildman–Crippen MR) is 106 cm³/mol. The molecule has 1 atom stereocenters. The number of pyridine rings is 1. The fourth-order valence-electron chi connectivity index (χ4n) is 4.06. The Balaban J connectivity index is 1.68. The normalized spacial score (nSPS) is 18.5. The van der Waals surface area contributed by atoms with Crippen LogP contribution in [0.4, 0.5) is 0 Å². The second-order valence-electron chi connectivity index (χ2n) is 7.09. The Morgan fingerprint density at radius 2 is 2.14 bits per heavy atom. The first-order valence-electron chi connectivity index (χ1n) is 9.40. The molecule has 28 heavy (non-hydrogen) atoms. The zero-order chi connectivity index (χ0) is 19.3. The van der Waals surface area contributed by atoms with Gasteiger partial charge >= 0.3 is 0 Å². The molecular weight excluding hydrogens is 378 g/mol. The van der Waals surface area contributed by atoms with Crippen LogP contribution in [0.5, 0.6) is 0 Å². The summed E-state index contributed by atoms with van der Waals surface area (Å²) in [4.78, 5) is 19.9. The molecule has 5 heterocycles. The standard InChI is InChI=1S/C18H21N7O2S/c1-2-9-28(26,27)24-8-4-12(11-24)25-15-13-3-5-19-16(13)22-10-14(15)23-18(25)17-20-6-7-21-17/h3,5-7,10,12H,2,4,8-9,11H2,1H3,(H,19,22)(H,20,21). The third-order valence-electron chi connectivity index (χ3n) is 5.29. The van der Waals surface area contributed by atoms with Gasteiger partial charge in [-0.15, -0.1) is 0 Å². The maximum absolute atomic E-state index is 12.6. The predicted octanol–water partition coefficient (Wildman–Crippen LogP) is 2.29. The molecule has 5 rings (SSSR count). The minimum Gasteiger partial charge on any atom is -0.346 e. The maximum atomic E-state index is 12.6. The van der Waals surface area contributed by atoms with E-state index in [1.807, 2.05) is 19.2 Å². The molecular formula is C18H21N7O2S. The summed E-state index contributed by atoms with van der Waals surface area (Å²) in [5.74, 6) is 1.55. The zero-order valence-corrected chi connectivity index (χ0v) is 16.3. The van der Waals surface area contributed by atoms with Gasteiger partial charge in [0.15, 0.2) is 11.6 Å². The topological polar surface area (TPSA) is 113 Å². The van der Waals surface area contributed by atoms with Gasteiger partial charge in [0.2, 0.25) is 10.0 Å². The molecule has 1 aliphatic rings. The number of nitrogens with one attached hydrogen (secondary N) is 2. The molecule has 4 aromatic rings. The lowest BCUT2D eigenvalue weighted by Crippen LogP contribution is -2.31. The zero-order valence-electron chi connectivity index (χ0n) is 15.5. The Kier molecular flexibility index (Phi) is 3.98. The quantitative estimate of drug-likeness (QED) is 0.535. The van der Waals surface area contributed by atoms with E-state index in [-0.39, 0.29) is 11.8 Å². The molecule has 10 heteroatoms. The van der Waals surface area contributed by atoms with Crippen LogP contribution in [0.1, 0.15) is 25.8 Å². The van der Waals surface area contributed by atoms with Crippen molar-refractivity contribution >= 4 is 32.1 Å². The molecule has 0 radical (unpaired) electrons. The van der Waals surface area contributed by atoms with Crippen LogP contribution in [0.2, 0.25) is 0 Å². The minimum atomic E-state index is -3.23. The highest BCUT2D eigenvalue weighted by atomic mass is 32.2. The van der Waals surface area contributed by atoms with E-state index in [1.165, 1.54) is 0 Å². The summed E-state index contributed by atoms with van der Waals surface area (Å²) in [5, 5.41) is 0.970. The number of hydrogen-bond acceptors (Lipinski definition) is 5. The van der Waals surface area contributed by atoms with Gasteiger partial charge in [-0.1, -0.05) is 6.92 Å². The van der Waals surface area contributed by atoms with Crippen LogP contribution in [0.15, 0.2) is 30.9 Å². The molecule has 0 amide bonds. The van der Waals surface area contributed by atoms with E-state index in [0.717, 1.165) is 28.5 Å². The molecule has 1 unspecified atom stereocenters. The van der Waals surface area contributed by atoms with Gasteiger partial charge in [0.25, 0.3) is 0 Å². The number of fused-ring (bicyclic) bond motifs is 3. The average molecular weight is 399 g/mol. The van der Waals surface area contributed by atoms with Crippen LogP contribution in [-0.4, -0.2) is 61.1 Å². The summed E-state index contributed by atoms with van der Waals surface area (Å²) in [6.07, 6.45) is 8.40. The van der Waals surface area contributed by atoms with Gasteiger partial charge in [-0.25, -0.2) is 23.4 Å². The second-order valence-corrected chi connectivity index (χ2v) is 9.18. The number of imidazole rings is 2. The van der Waals surface area contributed by atoms with Gasteiger partial charge in [-0.2, -0.15) is 4.31 Å². The van der Waals surface area contributed by atoms with Crippen molar-refractivity contribution < 1.29 is 8.42 Å². The molecule has 0 aromatic carbocycles. The minimum absolute atomic E-state index is 0.0165. The summed E-state index contributed by atoms with van der Waals surface area (Å²) >= 11 is 0. The number of aromatic amines is 2. The molecule has 0 saturated carbocycles. The van der Waals surface area contributed by atoms with Crippen molar-refractivity contribution in [3.05, 3.63) is 30.9 Å². The summed E-state index contributed by atoms with van der Waals surface area (Å²) in [6.45, 7) is 2.85. The maximum Gasteiger partial charge on any atom is 0.214 e. The Morgan fingerprint density at radius 3 is 2.93 bits per heavy atom. The number of sulfonamides is 1. The monoisotopic (exact) mass is 399 g/mol. The molecule has 0 bridgehead atoms. The summed E-state index contributed by atoms with van der Waals surface area (Å²) in [5.41, 5.74) is 2.51. The fourth-order valence-corrected chi connectivity index (χ4v) is 5.62. The van der Waals surface area contributed by atoms with Crippen molar-refractivity contribution in [1.29, 1.82) is 0 Å². The Bertz CT molecular complexity index is 1240. The van der Waals surface area contributed by atoms with Crippen LogP contribution >= 0.6 is 0 Å². The lowest BCUT2D eigenvalue weighted by atomic mass is 10.2. The molecule has 146 valence electrons. The van der Waals surface area contributed by atoms with E-state index in [0.29, 0.717) is 31.2 Å². The van der Waals surface area contributed by atoms with Gasteiger partial charge in [0, 0.05) is 37.1 Å². The number of rotatable bonds is 5. The number of nitrogens with zero attached hydrogens (tertiary/aromatic N) is 5. The van der Waals surface area contributed by atoms with Crippen LogP contribution in [0.3, 0.4) is 0 Å². The van der Waals surface area contributed by atoms with E-state index in [2.05, 4.69) is 24.5 Å². The van der Waals surface area contributed by atoms with Crippen LogP contribution in [0, 0.1) is 0 Å². The van der Waals surface area contributed by atoms with Crippen molar-refractivity contribution in [2.75, 3.05) is 18.8 Å². The molecule has 0 spiro atoms. The third kappa shape index (κ3) is 2.63. The smallest absolute Gasteiger partial charge is 0.214 e. The van der Waals surface area contributed by atoms with E-state index in [4.69, 9.17) is 4.98 Å². The van der Waals surface area contributed by atoms with Crippen molar-refractivity contribution in [3.63, 3.8) is 0 Å². The lowest BCUT2D eigenvalue weighted by molar-refractivity contribution is 0.455. The highest BCUT2D eigenvalue weighted by Crippen LogP contribution is 2.35. The first-order valence-corrected chi connectivity index (χ1v) is 11.0. The number of hydrogen-bond donors (Lipinski definition) is 2. The van der Waals surface area contributed by atoms with Crippen molar-refractivity contribution in [2.24, 2.45) is 0 Å². The largest absolute Gasteiger partial charge is 0.346 e. The molecule has 1 fully saturated rings. The van der Waals surface area contributed by atoms with E-state index < -0.39 is 10.0 Å². The van der Waals surface area contributed by atoms with Gasteiger partial charge in [0.05, 0.1) is 23.5 Å². The van der Waals surface area contributed by atoms with E-state index in [1.54, 1.807) is 22.9 Å². The van der Waals surface area contributed by atoms with E-state index >= 15 is 0 Å². The summed E-state index contributed by atoms with van der Waals surface area (Å²) in [6, 6.07) is 1.97. The third-order valence-corrected chi connectivity index (χ3v) is 7.33. The molecule has 9 nitrogen and oxygen atoms in total. The first kappa shape index (κ1) is 17.4. The van der Waals surface area contributed by atoms with Crippen molar-refractivity contribution in [1.82, 2.24) is 33.8 Å². The molecule has 1 saturated heterocycles. The van der Waals surface area contributed by atoms with Gasteiger partial charge in [0.1, 0.15) is 11.2 Å². The number of aromatic nitrogens is 6. The van der Waals surface area contributed by atoms with Crippen molar-refractivity contribution in [3.8, 4) is 11.6 Å². The van der Waals surface area contributed by atoms with Gasteiger partial charge in [-0.05, 0) is 18.9 Å². The highest BCUT2D eigenvalue weighted by Gasteiger charge is 2.34. The Morgan fingerprint density at radius 1 is 1.25 bits per heavy atom. The molecule has 2 N–H and O–H groups in total. The van der Waals surface area contributed by atoms with Crippen molar-refractivity contribution in [2.45, 2.75) is 25.8 Å². The van der Waals surface area contributed by atoms with Gasteiger partial charge < -0.3 is 14.5 Å². The fraction of sp³-hybridized carbons (Fsp3) is 0.389. The molecule has 1 aliphatic heterocycles. The molecule has 0 aliphatic carbocycles. The van der Waals surface area contributed by atoms with Crippen LogP contribution < -0.4 is 0 Å². The lowest BCUT2D eigenvalue weighted by Gasteiger charge is -2.18. The van der Waals surface area contributed by atoms with Crippen LogP contribution in [0.25, 0.3) is 33.7 Å². The Labute approximate surface area is 161 Å². The summed E-state index contributed by atoms with van der Waals surface area (Å²) < 4.78 is 28.9. The second kappa shape index (κ2) is 6.42. The summed E-state index contributed by atoms with van der Waals surface area (Å²) in [7, 11) is -3.23. The van der Waals surface area contributed by atoms with E-state index in [9.17, 15) is 8.42 Å². The molecule has 4 aromatic heterocycles. The SMILES string of the molecule is CCCS(=O)(=O)N1CCC(n2c(-c3ncc[nH]3)nc3cnc4[nH]ccc4c32)C1. The Hall–Kier alpha value is -2.72. The van der Waals surface area contributed by atoms with Gasteiger partial charge in [-0.3, -0.25) is 0 Å². The average Bonchev–Trinajstić information content (AvgIpc) is 3.45. The highest BCUT2D eigenvalue weighted by molar-refractivity contribution is 7.89. The first-order chi connectivity index (χ1) is 13.6.